The number of hydrogen-bond acceptors (Lipinski definition) is 4. The van der Waals surface area contributed by atoms with E-state index in [9.17, 15) is 0 Å². The van der Waals surface area contributed by atoms with Gasteiger partial charge in [0.05, 0.1) is 30.0 Å². The van der Waals surface area contributed by atoms with Crippen LogP contribution in [0.3, 0.4) is 0 Å². The Morgan fingerprint density at radius 2 is 1.33 bits per heavy atom. The fourth-order valence-electron chi connectivity index (χ4n) is 3.08. The topological polar surface area (TPSA) is 34.1 Å². The minimum atomic E-state index is 0. The Labute approximate surface area is 227 Å². The van der Waals surface area contributed by atoms with Crippen molar-refractivity contribution in [3.05, 3.63) is 87.9 Å². The predicted octanol–water partition coefficient (Wildman–Crippen LogP) is 8.07. The molecule has 0 aliphatic heterocycles. The Hall–Kier alpha value is -1.61. The summed E-state index contributed by atoms with van der Waals surface area (Å²) in [5.74, 6) is 2.56. The number of halogens is 3. The van der Waals surface area contributed by atoms with Crippen molar-refractivity contribution in [2.75, 3.05) is 20.0 Å². The number of ether oxygens (including phenoxy) is 2. The Bertz CT molecular complexity index is 998. The number of nitrogens with zero attached hydrogens (tertiary/aromatic N) is 2. The summed E-state index contributed by atoms with van der Waals surface area (Å²) in [5.41, 5.74) is 3.10. The van der Waals surface area contributed by atoms with Crippen LogP contribution in [0.2, 0.25) is 10.0 Å². The first-order valence-electron chi connectivity index (χ1n) is 10.2. The summed E-state index contributed by atoms with van der Waals surface area (Å²) >= 11 is 14.0. The van der Waals surface area contributed by atoms with Crippen LogP contribution < -0.4 is 9.47 Å². The van der Waals surface area contributed by atoms with E-state index in [1.54, 1.807) is 38.1 Å². The molecule has 0 saturated carbocycles. The fourth-order valence-corrected chi connectivity index (χ4v) is 4.11. The molecule has 0 amide bonds. The highest BCUT2D eigenvalue weighted by atomic mass is 127. The van der Waals surface area contributed by atoms with E-state index < -0.39 is 0 Å². The molecule has 0 aliphatic carbocycles. The third kappa shape index (κ3) is 8.28. The zero-order chi connectivity index (χ0) is 22.9. The molecule has 176 valence electrons. The van der Waals surface area contributed by atoms with Crippen molar-refractivity contribution in [1.29, 1.82) is 0 Å². The van der Waals surface area contributed by atoms with Crippen LogP contribution in [-0.2, 0) is 13.1 Å². The highest BCUT2D eigenvalue weighted by molar-refractivity contribution is 14.0. The molecule has 0 aromatic heterocycles. The number of methoxy groups -OCH3 is 2. The van der Waals surface area contributed by atoms with Crippen molar-refractivity contribution in [2.24, 2.45) is 4.99 Å². The Balaban J connectivity index is 0.00000385. The summed E-state index contributed by atoms with van der Waals surface area (Å²) in [6.07, 6.45) is 0. The van der Waals surface area contributed by atoms with Gasteiger partial charge in [0.2, 0.25) is 0 Å². The Morgan fingerprint density at radius 1 is 0.818 bits per heavy atom. The molecule has 0 radical (unpaired) electrons. The van der Waals surface area contributed by atoms with Gasteiger partial charge in [-0.05, 0) is 59.3 Å². The first-order chi connectivity index (χ1) is 15.5. The predicted molar refractivity (Wildman–Crippen MR) is 152 cm³/mol. The number of aliphatic imine (C=N–C) groups is 1. The molecule has 0 spiro atoms. The van der Waals surface area contributed by atoms with Crippen LogP contribution in [0.15, 0.2) is 71.7 Å². The van der Waals surface area contributed by atoms with Crippen molar-refractivity contribution in [2.45, 2.75) is 20.0 Å². The lowest BCUT2D eigenvalue weighted by Gasteiger charge is -2.26. The van der Waals surface area contributed by atoms with Crippen LogP contribution in [0.5, 0.6) is 11.5 Å². The van der Waals surface area contributed by atoms with Crippen LogP contribution in [-0.4, -0.2) is 30.0 Å². The van der Waals surface area contributed by atoms with E-state index in [1.807, 2.05) is 30.3 Å². The Kier molecular flexibility index (Phi) is 11.7. The number of amidine groups is 1. The molecule has 4 nitrogen and oxygen atoms in total. The smallest absolute Gasteiger partial charge is 0.164 e. The van der Waals surface area contributed by atoms with E-state index in [1.165, 1.54) is 0 Å². The first kappa shape index (κ1) is 27.6. The van der Waals surface area contributed by atoms with Crippen LogP contribution in [0, 0.1) is 0 Å². The third-order valence-electron chi connectivity index (χ3n) is 4.74. The first-order valence-corrected chi connectivity index (χ1v) is 11.9. The molecule has 0 heterocycles. The molecule has 33 heavy (non-hydrogen) atoms. The van der Waals surface area contributed by atoms with Crippen LogP contribution in [0.25, 0.3) is 0 Å². The van der Waals surface area contributed by atoms with Gasteiger partial charge < -0.3 is 14.4 Å². The van der Waals surface area contributed by atoms with Gasteiger partial charge >= 0.3 is 0 Å². The van der Waals surface area contributed by atoms with Crippen LogP contribution >= 0.6 is 58.9 Å². The minimum absolute atomic E-state index is 0. The van der Waals surface area contributed by atoms with Gasteiger partial charge in [-0.25, -0.2) is 4.99 Å². The standard InChI is InChI=1S/C25H26Cl2N2O2S.HI/c1-4-32-25(28-20-9-14-23(26)24(27)15-20)29(16-18-5-10-21(30-2)11-6-18)17-19-7-12-22(31-3)13-8-19;/h5-15H,4,16-17H2,1-3H3;1H. The summed E-state index contributed by atoms with van der Waals surface area (Å²) < 4.78 is 10.6. The second-order valence-electron chi connectivity index (χ2n) is 6.98. The lowest BCUT2D eigenvalue weighted by atomic mass is 10.1. The Morgan fingerprint density at radius 3 is 1.76 bits per heavy atom. The summed E-state index contributed by atoms with van der Waals surface area (Å²) in [6, 6.07) is 21.7. The molecule has 3 aromatic carbocycles. The summed E-state index contributed by atoms with van der Waals surface area (Å²) in [6.45, 7) is 3.51. The summed E-state index contributed by atoms with van der Waals surface area (Å²) in [5, 5.41) is 1.92. The molecular formula is C25H27Cl2IN2O2S. The minimum Gasteiger partial charge on any atom is -0.497 e. The number of hydrogen-bond donors (Lipinski definition) is 0. The zero-order valence-electron chi connectivity index (χ0n) is 18.8. The SMILES string of the molecule is CCSC(=Nc1ccc(Cl)c(Cl)c1)N(Cc1ccc(OC)cc1)Cc1ccc(OC)cc1.I. The monoisotopic (exact) mass is 616 g/mol. The van der Waals surface area contributed by atoms with Gasteiger partial charge in [-0.3, -0.25) is 0 Å². The van der Waals surface area contributed by atoms with E-state index in [2.05, 4.69) is 36.1 Å². The van der Waals surface area contributed by atoms with Gasteiger partial charge in [0.1, 0.15) is 11.5 Å². The molecule has 0 N–H and O–H groups in total. The van der Waals surface area contributed by atoms with Crippen molar-refractivity contribution in [3.8, 4) is 11.5 Å². The van der Waals surface area contributed by atoms with Gasteiger partial charge in [-0.1, -0.05) is 66.2 Å². The number of rotatable bonds is 8. The average Bonchev–Trinajstić information content (AvgIpc) is 2.81. The second-order valence-corrected chi connectivity index (χ2v) is 9.02. The largest absolute Gasteiger partial charge is 0.497 e. The highest BCUT2D eigenvalue weighted by Gasteiger charge is 2.15. The van der Waals surface area contributed by atoms with Gasteiger partial charge in [0.15, 0.2) is 5.17 Å². The molecule has 0 aliphatic rings. The van der Waals surface area contributed by atoms with Crippen molar-refractivity contribution in [1.82, 2.24) is 4.90 Å². The average molecular weight is 617 g/mol. The molecular weight excluding hydrogens is 590 g/mol. The highest BCUT2D eigenvalue weighted by Crippen LogP contribution is 2.29. The van der Waals surface area contributed by atoms with Crippen molar-refractivity contribution >= 4 is 69.8 Å². The zero-order valence-corrected chi connectivity index (χ0v) is 23.4. The molecule has 0 saturated heterocycles. The summed E-state index contributed by atoms with van der Waals surface area (Å²) in [7, 11) is 3.34. The number of thioether (sulfide) groups is 1. The maximum Gasteiger partial charge on any atom is 0.164 e. The quantitative estimate of drug-likeness (QED) is 0.146. The van der Waals surface area contributed by atoms with Gasteiger partial charge in [-0.2, -0.15) is 0 Å². The normalized spacial score (nSPS) is 11.0. The molecule has 0 fully saturated rings. The lowest BCUT2D eigenvalue weighted by molar-refractivity contribution is 0.405. The lowest BCUT2D eigenvalue weighted by Crippen LogP contribution is -2.28. The van der Waals surface area contributed by atoms with Crippen LogP contribution in [0.4, 0.5) is 5.69 Å². The van der Waals surface area contributed by atoms with Crippen molar-refractivity contribution < 1.29 is 9.47 Å². The van der Waals surface area contributed by atoms with E-state index in [0.29, 0.717) is 23.1 Å². The van der Waals surface area contributed by atoms with Crippen molar-refractivity contribution in [3.63, 3.8) is 0 Å². The maximum atomic E-state index is 6.23. The molecule has 8 heteroatoms. The van der Waals surface area contributed by atoms with E-state index in [-0.39, 0.29) is 24.0 Å². The van der Waals surface area contributed by atoms with E-state index in [4.69, 9.17) is 37.7 Å². The van der Waals surface area contributed by atoms with Crippen LogP contribution in [0.1, 0.15) is 18.1 Å². The molecule has 0 bridgehead atoms. The molecule has 3 aromatic rings. The fraction of sp³-hybridized carbons (Fsp3) is 0.240. The molecule has 0 unspecified atom stereocenters. The van der Waals surface area contributed by atoms with E-state index in [0.717, 1.165) is 39.2 Å². The summed E-state index contributed by atoms with van der Waals surface area (Å²) in [4.78, 5) is 7.19. The van der Waals surface area contributed by atoms with E-state index >= 15 is 0 Å². The number of benzene rings is 3. The third-order valence-corrected chi connectivity index (χ3v) is 6.37. The van der Waals surface area contributed by atoms with Gasteiger partial charge in [0.25, 0.3) is 0 Å². The van der Waals surface area contributed by atoms with Gasteiger partial charge in [-0.15, -0.1) is 24.0 Å². The second kappa shape index (κ2) is 13.9. The van der Waals surface area contributed by atoms with Gasteiger partial charge in [0, 0.05) is 13.1 Å². The molecule has 3 rings (SSSR count). The maximum absolute atomic E-state index is 6.23. The molecule has 0 atom stereocenters.